The van der Waals surface area contributed by atoms with Crippen molar-refractivity contribution in [3.05, 3.63) is 64.1 Å². The van der Waals surface area contributed by atoms with E-state index in [9.17, 15) is 13.2 Å². The van der Waals surface area contributed by atoms with Gasteiger partial charge in [0.2, 0.25) is 15.9 Å². The average molecular weight is 427 g/mol. The van der Waals surface area contributed by atoms with Crippen LogP contribution in [0.1, 0.15) is 18.4 Å². The Bertz CT molecular complexity index is 920. The van der Waals surface area contributed by atoms with Gasteiger partial charge in [-0.1, -0.05) is 47.5 Å². The van der Waals surface area contributed by atoms with E-state index in [2.05, 4.69) is 5.32 Å². The van der Waals surface area contributed by atoms with Crippen molar-refractivity contribution in [2.75, 3.05) is 13.1 Å². The molecule has 0 aliphatic carbocycles. The van der Waals surface area contributed by atoms with Crippen LogP contribution in [0.4, 0.5) is 0 Å². The van der Waals surface area contributed by atoms with Crippen LogP contribution in [0.25, 0.3) is 0 Å². The molecule has 0 radical (unpaired) electrons. The van der Waals surface area contributed by atoms with Gasteiger partial charge in [-0.05, 0) is 42.7 Å². The third kappa shape index (κ3) is 4.82. The Labute approximate surface area is 169 Å². The molecule has 1 amide bonds. The number of amides is 1. The third-order valence-corrected chi connectivity index (χ3v) is 7.07. The maximum Gasteiger partial charge on any atom is 0.243 e. The van der Waals surface area contributed by atoms with E-state index < -0.39 is 10.0 Å². The highest BCUT2D eigenvalue weighted by molar-refractivity contribution is 7.89. The summed E-state index contributed by atoms with van der Waals surface area (Å²) in [5.74, 6) is -0.558. The number of halogens is 2. The van der Waals surface area contributed by atoms with E-state index in [1.807, 2.05) is 0 Å². The van der Waals surface area contributed by atoms with Crippen LogP contribution < -0.4 is 5.32 Å². The van der Waals surface area contributed by atoms with Crippen molar-refractivity contribution in [1.29, 1.82) is 0 Å². The molecule has 27 heavy (non-hydrogen) atoms. The molecule has 1 heterocycles. The molecular weight excluding hydrogens is 407 g/mol. The predicted molar refractivity (Wildman–Crippen MR) is 106 cm³/mol. The number of hydrogen-bond acceptors (Lipinski definition) is 3. The van der Waals surface area contributed by atoms with E-state index in [4.69, 9.17) is 23.2 Å². The maximum atomic E-state index is 12.8. The quantitative estimate of drug-likeness (QED) is 0.791. The second-order valence-electron chi connectivity index (χ2n) is 6.47. The fourth-order valence-corrected chi connectivity index (χ4v) is 5.13. The molecule has 1 aliphatic heterocycles. The smallest absolute Gasteiger partial charge is 0.243 e. The van der Waals surface area contributed by atoms with Gasteiger partial charge in [-0.3, -0.25) is 4.79 Å². The fourth-order valence-electron chi connectivity index (χ4n) is 3.11. The Morgan fingerprint density at radius 2 is 1.89 bits per heavy atom. The molecule has 1 fully saturated rings. The van der Waals surface area contributed by atoms with E-state index in [0.29, 0.717) is 29.4 Å². The first-order chi connectivity index (χ1) is 12.9. The summed E-state index contributed by atoms with van der Waals surface area (Å²) in [6.07, 6.45) is 1.30. The third-order valence-electron chi connectivity index (χ3n) is 4.60. The number of carbonyl (C=O) groups is 1. The van der Waals surface area contributed by atoms with Crippen LogP contribution in [0.15, 0.2) is 53.4 Å². The van der Waals surface area contributed by atoms with E-state index in [1.165, 1.54) is 4.31 Å². The van der Waals surface area contributed by atoms with Crippen LogP contribution in [0.5, 0.6) is 0 Å². The van der Waals surface area contributed by atoms with Gasteiger partial charge in [0.1, 0.15) is 0 Å². The molecule has 144 valence electrons. The number of nitrogens with zero attached hydrogens (tertiary/aromatic N) is 1. The van der Waals surface area contributed by atoms with Crippen LogP contribution in [-0.4, -0.2) is 31.7 Å². The summed E-state index contributed by atoms with van der Waals surface area (Å²) in [6, 6.07) is 13.4. The van der Waals surface area contributed by atoms with Crippen molar-refractivity contribution in [2.24, 2.45) is 5.92 Å². The Hall–Kier alpha value is -1.60. The minimum Gasteiger partial charge on any atom is -0.352 e. The van der Waals surface area contributed by atoms with E-state index >= 15 is 0 Å². The van der Waals surface area contributed by atoms with Crippen LogP contribution in [0.3, 0.4) is 0 Å². The Balaban J connectivity index is 1.64. The van der Waals surface area contributed by atoms with Gasteiger partial charge in [-0.25, -0.2) is 8.42 Å². The SMILES string of the molecule is O=C(NCc1ccc(Cl)cc1Cl)[C@H]1CCCN(S(=O)(=O)c2ccccc2)C1. The number of carbonyl (C=O) groups excluding carboxylic acids is 1. The minimum absolute atomic E-state index is 0.172. The number of benzene rings is 2. The van der Waals surface area contributed by atoms with Gasteiger partial charge in [0, 0.05) is 29.7 Å². The summed E-state index contributed by atoms with van der Waals surface area (Å²) < 4.78 is 26.9. The second-order valence-corrected chi connectivity index (χ2v) is 9.25. The molecule has 5 nitrogen and oxygen atoms in total. The molecule has 1 atom stereocenters. The Kier molecular flexibility index (Phi) is 6.42. The van der Waals surface area contributed by atoms with Crippen LogP contribution >= 0.6 is 23.2 Å². The minimum atomic E-state index is -3.59. The van der Waals surface area contributed by atoms with E-state index in [1.54, 1.807) is 48.5 Å². The van der Waals surface area contributed by atoms with Gasteiger partial charge < -0.3 is 5.32 Å². The summed E-state index contributed by atoms with van der Waals surface area (Å²) in [5, 5.41) is 3.87. The highest BCUT2D eigenvalue weighted by atomic mass is 35.5. The zero-order valence-corrected chi connectivity index (χ0v) is 16.9. The molecule has 0 aromatic heterocycles. The molecule has 1 aliphatic rings. The van der Waals surface area contributed by atoms with Crippen LogP contribution in [0, 0.1) is 5.92 Å². The van der Waals surface area contributed by atoms with Crippen molar-refractivity contribution in [3.8, 4) is 0 Å². The molecule has 1 saturated heterocycles. The second kappa shape index (κ2) is 8.61. The monoisotopic (exact) mass is 426 g/mol. The molecule has 2 aromatic carbocycles. The van der Waals surface area contributed by atoms with E-state index in [-0.39, 0.29) is 29.8 Å². The van der Waals surface area contributed by atoms with Gasteiger partial charge in [0.15, 0.2) is 0 Å². The van der Waals surface area contributed by atoms with Crippen molar-refractivity contribution in [3.63, 3.8) is 0 Å². The molecule has 0 bridgehead atoms. The fraction of sp³-hybridized carbons (Fsp3) is 0.316. The van der Waals surface area contributed by atoms with Crippen LogP contribution in [-0.2, 0) is 21.4 Å². The maximum absolute atomic E-state index is 12.8. The number of rotatable bonds is 5. The molecule has 0 saturated carbocycles. The van der Waals surface area contributed by atoms with Gasteiger partial charge in [0.25, 0.3) is 0 Å². The first-order valence-corrected chi connectivity index (χ1v) is 10.8. The summed E-state index contributed by atoms with van der Waals surface area (Å²) in [7, 11) is -3.59. The van der Waals surface area contributed by atoms with Gasteiger partial charge in [0.05, 0.1) is 10.8 Å². The largest absolute Gasteiger partial charge is 0.352 e. The topological polar surface area (TPSA) is 66.5 Å². The summed E-state index contributed by atoms with van der Waals surface area (Å²) in [4.78, 5) is 12.8. The van der Waals surface area contributed by atoms with Gasteiger partial charge >= 0.3 is 0 Å². The van der Waals surface area contributed by atoms with Crippen molar-refractivity contribution >= 4 is 39.1 Å². The summed E-state index contributed by atoms with van der Waals surface area (Å²) in [6.45, 7) is 0.873. The summed E-state index contributed by atoms with van der Waals surface area (Å²) in [5.41, 5.74) is 0.763. The standard InChI is InChI=1S/C19H20Cl2N2O3S/c20-16-9-8-14(18(21)11-16)12-22-19(24)15-5-4-10-23(13-15)27(25,26)17-6-2-1-3-7-17/h1-3,6-9,11,15H,4-5,10,12-13H2,(H,22,24)/t15-/m0/s1. The van der Waals surface area contributed by atoms with Crippen LogP contribution in [0.2, 0.25) is 10.0 Å². The molecule has 8 heteroatoms. The summed E-state index contributed by atoms with van der Waals surface area (Å²) >= 11 is 12.0. The molecular formula is C19H20Cl2N2O3S. The predicted octanol–water partition coefficient (Wildman–Crippen LogP) is 3.71. The van der Waals surface area contributed by atoms with Gasteiger partial charge in [-0.2, -0.15) is 4.31 Å². The van der Waals surface area contributed by atoms with Crippen molar-refractivity contribution in [1.82, 2.24) is 9.62 Å². The lowest BCUT2D eigenvalue weighted by Crippen LogP contribution is -2.45. The first-order valence-electron chi connectivity index (χ1n) is 8.65. The number of piperidine rings is 1. The highest BCUT2D eigenvalue weighted by Crippen LogP contribution is 2.24. The molecule has 1 N–H and O–H groups in total. The highest BCUT2D eigenvalue weighted by Gasteiger charge is 2.33. The van der Waals surface area contributed by atoms with E-state index in [0.717, 1.165) is 5.56 Å². The van der Waals surface area contributed by atoms with Gasteiger partial charge in [-0.15, -0.1) is 0 Å². The lowest BCUT2D eigenvalue weighted by atomic mass is 9.99. The molecule has 0 spiro atoms. The first kappa shape index (κ1) is 20.1. The van der Waals surface area contributed by atoms with Crippen molar-refractivity contribution in [2.45, 2.75) is 24.3 Å². The zero-order valence-electron chi connectivity index (χ0n) is 14.6. The number of sulfonamides is 1. The lowest BCUT2D eigenvalue weighted by molar-refractivity contribution is -0.126. The Morgan fingerprint density at radius 3 is 2.59 bits per heavy atom. The average Bonchev–Trinajstić information content (AvgIpc) is 2.68. The lowest BCUT2D eigenvalue weighted by Gasteiger charge is -2.31. The Morgan fingerprint density at radius 1 is 1.15 bits per heavy atom. The van der Waals surface area contributed by atoms with Crippen molar-refractivity contribution < 1.29 is 13.2 Å². The molecule has 2 aromatic rings. The molecule has 3 rings (SSSR count). The molecule has 0 unspecified atom stereocenters. The number of nitrogens with one attached hydrogen (secondary N) is 1. The zero-order chi connectivity index (χ0) is 19.4. The number of hydrogen-bond donors (Lipinski definition) is 1. The normalized spacial score (nSPS) is 18.2.